The van der Waals surface area contributed by atoms with Crippen molar-refractivity contribution >= 4 is 11.8 Å². The van der Waals surface area contributed by atoms with Crippen molar-refractivity contribution in [1.82, 2.24) is 5.32 Å². The second-order valence-corrected chi connectivity index (χ2v) is 5.79. The van der Waals surface area contributed by atoms with E-state index in [2.05, 4.69) is 66.8 Å². The summed E-state index contributed by atoms with van der Waals surface area (Å²) in [5.41, 5.74) is 4.11. The molecule has 2 aromatic carbocycles. The summed E-state index contributed by atoms with van der Waals surface area (Å²) in [7, 11) is 2.03. The van der Waals surface area contributed by atoms with E-state index in [0.29, 0.717) is 6.04 Å². The summed E-state index contributed by atoms with van der Waals surface area (Å²) in [5, 5.41) is 3.40. The maximum atomic E-state index is 3.40. The van der Waals surface area contributed by atoms with Gasteiger partial charge >= 0.3 is 0 Å². The molecule has 1 atom stereocenters. The Labute approximate surface area is 120 Å². The fourth-order valence-electron chi connectivity index (χ4n) is 2.13. The predicted octanol–water partition coefficient (Wildman–Crippen LogP) is 4.19. The van der Waals surface area contributed by atoms with Crippen LogP contribution >= 0.6 is 11.8 Å². The van der Waals surface area contributed by atoms with Gasteiger partial charge in [0.25, 0.3) is 0 Å². The first-order valence-corrected chi connectivity index (χ1v) is 7.80. The van der Waals surface area contributed by atoms with E-state index >= 15 is 0 Å². The van der Waals surface area contributed by atoms with Crippen molar-refractivity contribution in [1.29, 1.82) is 0 Å². The summed E-state index contributed by atoms with van der Waals surface area (Å²) in [6.45, 7) is 2.15. The molecule has 19 heavy (non-hydrogen) atoms. The smallest absolute Gasteiger partial charge is 0.0409 e. The van der Waals surface area contributed by atoms with Crippen LogP contribution in [0, 0.1) is 6.92 Å². The van der Waals surface area contributed by atoms with Gasteiger partial charge in [-0.25, -0.2) is 0 Å². The van der Waals surface area contributed by atoms with E-state index < -0.39 is 0 Å². The van der Waals surface area contributed by atoms with E-state index in [-0.39, 0.29) is 0 Å². The quantitative estimate of drug-likeness (QED) is 0.845. The third-order valence-electron chi connectivity index (χ3n) is 3.19. The Balaban J connectivity index is 1.87. The third-order valence-corrected chi connectivity index (χ3v) is 4.29. The summed E-state index contributed by atoms with van der Waals surface area (Å²) < 4.78 is 0. The number of aryl methyl sites for hydroxylation is 1. The molecule has 2 aromatic rings. The lowest BCUT2D eigenvalue weighted by molar-refractivity contribution is 0.662. The molecule has 1 nitrogen and oxygen atoms in total. The van der Waals surface area contributed by atoms with Gasteiger partial charge in [0, 0.05) is 17.5 Å². The van der Waals surface area contributed by atoms with Crippen molar-refractivity contribution in [3.05, 3.63) is 71.3 Å². The molecule has 100 valence electrons. The Hall–Kier alpha value is -1.25. The molecule has 2 rings (SSSR count). The lowest BCUT2D eigenvalue weighted by atomic mass is 10.1. The van der Waals surface area contributed by atoms with Gasteiger partial charge in [0.15, 0.2) is 0 Å². The topological polar surface area (TPSA) is 12.0 Å². The first-order chi connectivity index (χ1) is 9.29. The van der Waals surface area contributed by atoms with Crippen LogP contribution in [-0.2, 0) is 5.75 Å². The van der Waals surface area contributed by atoms with Crippen molar-refractivity contribution in [3.8, 4) is 0 Å². The summed E-state index contributed by atoms with van der Waals surface area (Å²) in [6.07, 6.45) is 0. The molecule has 0 spiro atoms. The Kier molecular flexibility index (Phi) is 5.49. The molecule has 0 bridgehead atoms. The molecule has 0 heterocycles. The number of hydrogen-bond acceptors (Lipinski definition) is 2. The fraction of sp³-hybridized carbons (Fsp3) is 0.294. The number of thioether (sulfide) groups is 1. The van der Waals surface area contributed by atoms with E-state index in [0.717, 1.165) is 11.5 Å². The van der Waals surface area contributed by atoms with Crippen LogP contribution in [0.25, 0.3) is 0 Å². The molecule has 0 saturated heterocycles. The molecular formula is C17H21NS. The van der Waals surface area contributed by atoms with E-state index in [1.807, 2.05) is 18.8 Å². The molecule has 0 amide bonds. The van der Waals surface area contributed by atoms with Crippen LogP contribution in [0.4, 0.5) is 0 Å². The molecule has 0 aliphatic heterocycles. The Morgan fingerprint density at radius 3 is 2.53 bits per heavy atom. The standard InChI is InChI=1S/C17H21NS/c1-14-7-6-8-15(11-14)12-19-13-17(18-2)16-9-4-3-5-10-16/h3-11,17-18H,12-13H2,1-2H3. The van der Waals surface area contributed by atoms with Crippen LogP contribution in [0.1, 0.15) is 22.7 Å². The number of rotatable bonds is 6. The lowest BCUT2D eigenvalue weighted by Crippen LogP contribution is -2.18. The van der Waals surface area contributed by atoms with Crippen LogP contribution in [0.3, 0.4) is 0 Å². The van der Waals surface area contributed by atoms with Gasteiger partial charge in [0.2, 0.25) is 0 Å². The van der Waals surface area contributed by atoms with Gasteiger partial charge in [-0.2, -0.15) is 11.8 Å². The average molecular weight is 271 g/mol. The third kappa shape index (κ3) is 4.41. The zero-order valence-electron chi connectivity index (χ0n) is 11.6. The highest BCUT2D eigenvalue weighted by Gasteiger charge is 2.08. The molecule has 1 N–H and O–H groups in total. The van der Waals surface area contributed by atoms with Crippen molar-refractivity contribution in [2.24, 2.45) is 0 Å². The van der Waals surface area contributed by atoms with Crippen LogP contribution < -0.4 is 5.32 Å². The molecule has 0 radical (unpaired) electrons. The monoisotopic (exact) mass is 271 g/mol. The SMILES string of the molecule is CNC(CSCc1cccc(C)c1)c1ccccc1. The molecule has 2 heteroatoms. The zero-order chi connectivity index (χ0) is 13.5. The van der Waals surface area contributed by atoms with E-state index in [1.165, 1.54) is 16.7 Å². The van der Waals surface area contributed by atoms with Gasteiger partial charge in [-0.15, -0.1) is 0 Å². The fourth-order valence-corrected chi connectivity index (χ4v) is 3.26. The van der Waals surface area contributed by atoms with E-state index in [1.54, 1.807) is 0 Å². The van der Waals surface area contributed by atoms with Crippen LogP contribution in [0.5, 0.6) is 0 Å². The van der Waals surface area contributed by atoms with Crippen molar-refractivity contribution in [2.75, 3.05) is 12.8 Å². The van der Waals surface area contributed by atoms with Gasteiger partial charge < -0.3 is 5.32 Å². The van der Waals surface area contributed by atoms with Gasteiger partial charge in [-0.1, -0.05) is 60.2 Å². The van der Waals surface area contributed by atoms with Crippen LogP contribution in [-0.4, -0.2) is 12.8 Å². The predicted molar refractivity (Wildman–Crippen MR) is 85.6 cm³/mol. The number of nitrogens with one attached hydrogen (secondary N) is 1. The maximum Gasteiger partial charge on any atom is 0.0409 e. The Bertz CT molecular complexity index is 496. The molecule has 1 unspecified atom stereocenters. The largest absolute Gasteiger partial charge is 0.312 e. The first-order valence-electron chi connectivity index (χ1n) is 6.65. The van der Waals surface area contributed by atoms with Gasteiger partial charge in [-0.05, 0) is 25.1 Å². The van der Waals surface area contributed by atoms with Gasteiger partial charge in [0.1, 0.15) is 0 Å². The average Bonchev–Trinajstić information content (AvgIpc) is 2.45. The number of benzene rings is 2. The summed E-state index contributed by atoms with van der Waals surface area (Å²) in [5.74, 6) is 2.17. The summed E-state index contributed by atoms with van der Waals surface area (Å²) in [6, 6.07) is 19.8. The molecule has 0 aliphatic rings. The maximum absolute atomic E-state index is 3.40. The Morgan fingerprint density at radius 2 is 1.84 bits per heavy atom. The molecular weight excluding hydrogens is 250 g/mol. The minimum atomic E-state index is 0.427. The summed E-state index contributed by atoms with van der Waals surface area (Å²) >= 11 is 1.98. The highest BCUT2D eigenvalue weighted by atomic mass is 32.2. The second-order valence-electron chi connectivity index (χ2n) is 4.76. The van der Waals surface area contributed by atoms with Gasteiger partial charge in [0.05, 0.1) is 0 Å². The van der Waals surface area contributed by atoms with Gasteiger partial charge in [-0.3, -0.25) is 0 Å². The summed E-state index contributed by atoms with van der Waals surface area (Å²) in [4.78, 5) is 0. The highest BCUT2D eigenvalue weighted by Crippen LogP contribution is 2.21. The van der Waals surface area contributed by atoms with Crippen LogP contribution in [0.2, 0.25) is 0 Å². The van der Waals surface area contributed by atoms with Crippen molar-refractivity contribution < 1.29 is 0 Å². The van der Waals surface area contributed by atoms with Crippen LogP contribution in [0.15, 0.2) is 54.6 Å². The molecule has 0 aliphatic carbocycles. The van der Waals surface area contributed by atoms with Crippen molar-refractivity contribution in [3.63, 3.8) is 0 Å². The van der Waals surface area contributed by atoms with E-state index in [9.17, 15) is 0 Å². The zero-order valence-corrected chi connectivity index (χ0v) is 12.4. The minimum Gasteiger partial charge on any atom is -0.312 e. The highest BCUT2D eigenvalue weighted by molar-refractivity contribution is 7.98. The molecule has 0 aromatic heterocycles. The van der Waals surface area contributed by atoms with E-state index in [4.69, 9.17) is 0 Å². The minimum absolute atomic E-state index is 0.427. The first kappa shape index (κ1) is 14.2. The lowest BCUT2D eigenvalue weighted by Gasteiger charge is -2.16. The second kappa shape index (κ2) is 7.37. The van der Waals surface area contributed by atoms with Crippen molar-refractivity contribution in [2.45, 2.75) is 18.7 Å². The number of hydrogen-bond donors (Lipinski definition) is 1. The molecule has 0 saturated carbocycles. The Morgan fingerprint density at radius 1 is 1.05 bits per heavy atom. The molecule has 0 fully saturated rings. The normalized spacial score (nSPS) is 12.3.